The van der Waals surface area contributed by atoms with Gasteiger partial charge in [-0.25, -0.2) is 0 Å². The Morgan fingerprint density at radius 3 is 2.62 bits per heavy atom. The van der Waals surface area contributed by atoms with E-state index in [9.17, 15) is 0 Å². The standard InChI is InChI=1S/C14H20N2/c1-15-8-10-16(11-9-15)14-7-6-12-4-2-3-5-13(12)14/h2-5,14H,6-11H2,1H3. The van der Waals surface area contributed by atoms with E-state index in [0.717, 1.165) is 0 Å². The second-order valence-corrected chi connectivity index (χ2v) is 5.09. The molecule has 1 aliphatic heterocycles. The maximum atomic E-state index is 2.67. The molecule has 2 nitrogen and oxygen atoms in total. The fourth-order valence-electron chi connectivity index (χ4n) is 3.05. The Hall–Kier alpha value is -0.860. The van der Waals surface area contributed by atoms with Crippen LogP contribution in [-0.2, 0) is 6.42 Å². The summed E-state index contributed by atoms with van der Waals surface area (Å²) in [5.41, 5.74) is 3.17. The van der Waals surface area contributed by atoms with Crippen molar-refractivity contribution in [1.29, 1.82) is 0 Å². The monoisotopic (exact) mass is 216 g/mol. The summed E-state index contributed by atoms with van der Waals surface area (Å²) in [5.74, 6) is 0. The smallest absolute Gasteiger partial charge is 0.0355 e. The third-order valence-electron chi connectivity index (χ3n) is 4.08. The van der Waals surface area contributed by atoms with Crippen molar-refractivity contribution in [2.24, 2.45) is 0 Å². The summed E-state index contributed by atoms with van der Waals surface area (Å²) in [5, 5.41) is 0. The van der Waals surface area contributed by atoms with Gasteiger partial charge in [0.15, 0.2) is 0 Å². The summed E-state index contributed by atoms with van der Waals surface area (Å²) < 4.78 is 0. The summed E-state index contributed by atoms with van der Waals surface area (Å²) in [6.45, 7) is 4.91. The number of hydrogen-bond acceptors (Lipinski definition) is 2. The molecule has 1 saturated heterocycles. The van der Waals surface area contributed by atoms with Crippen LogP contribution in [0.5, 0.6) is 0 Å². The van der Waals surface area contributed by atoms with Gasteiger partial charge in [0.1, 0.15) is 0 Å². The van der Waals surface area contributed by atoms with Gasteiger partial charge in [0.05, 0.1) is 0 Å². The van der Waals surface area contributed by atoms with Gasteiger partial charge in [0.25, 0.3) is 0 Å². The number of hydrogen-bond donors (Lipinski definition) is 0. The number of rotatable bonds is 1. The highest BCUT2D eigenvalue weighted by Gasteiger charge is 2.28. The van der Waals surface area contributed by atoms with Crippen LogP contribution in [0.25, 0.3) is 0 Å². The topological polar surface area (TPSA) is 6.48 Å². The number of aryl methyl sites for hydroxylation is 1. The van der Waals surface area contributed by atoms with Crippen LogP contribution >= 0.6 is 0 Å². The first-order valence-electron chi connectivity index (χ1n) is 6.35. The Kier molecular flexibility index (Phi) is 2.70. The average molecular weight is 216 g/mol. The SMILES string of the molecule is CN1CCN(C2CCc3ccccc32)CC1. The van der Waals surface area contributed by atoms with Crippen molar-refractivity contribution in [3.05, 3.63) is 35.4 Å². The number of benzene rings is 1. The Labute approximate surface area is 97.9 Å². The highest BCUT2D eigenvalue weighted by Crippen LogP contribution is 2.35. The Morgan fingerprint density at radius 2 is 1.81 bits per heavy atom. The third kappa shape index (κ3) is 1.76. The molecule has 1 atom stereocenters. The predicted molar refractivity (Wildman–Crippen MR) is 66.6 cm³/mol. The Balaban J connectivity index is 1.77. The van der Waals surface area contributed by atoms with Crippen LogP contribution in [0.4, 0.5) is 0 Å². The van der Waals surface area contributed by atoms with E-state index < -0.39 is 0 Å². The lowest BCUT2D eigenvalue weighted by molar-refractivity contribution is 0.111. The van der Waals surface area contributed by atoms with Crippen LogP contribution in [0.15, 0.2) is 24.3 Å². The van der Waals surface area contributed by atoms with Crippen molar-refractivity contribution < 1.29 is 0 Å². The van der Waals surface area contributed by atoms with E-state index >= 15 is 0 Å². The van der Waals surface area contributed by atoms with Crippen molar-refractivity contribution in [1.82, 2.24) is 9.80 Å². The Bertz CT molecular complexity index is 367. The molecule has 2 heteroatoms. The van der Waals surface area contributed by atoms with Gasteiger partial charge < -0.3 is 4.90 Å². The molecule has 1 aromatic rings. The predicted octanol–water partition coefficient (Wildman–Crippen LogP) is 1.92. The first-order chi connectivity index (χ1) is 7.84. The summed E-state index contributed by atoms with van der Waals surface area (Å²) in [6, 6.07) is 9.68. The molecule has 2 aliphatic rings. The average Bonchev–Trinajstić information content (AvgIpc) is 2.74. The van der Waals surface area contributed by atoms with Crippen molar-refractivity contribution in [2.75, 3.05) is 33.2 Å². The Morgan fingerprint density at radius 1 is 1.06 bits per heavy atom. The summed E-state index contributed by atoms with van der Waals surface area (Å²) in [4.78, 5) is 5.10. The van der Waals surface area contributed by atoms with Crippen LogP contribution in [-0.4, -0.2) is 43.0 Å². The number of fused-ring (bicyclic) bond motifs is 1. The number of nitrogens with zero attached hydrogens (tertiary/aromatic N) is 2. The van der Waals surface area contributed by atoms with E-state index in [1.807, 2.05) is 0 Å². The molecule has 1 unspecified atom stereocenters. The molecule has 16 heavy (non-hydrogen) atoms. The van der Waals surface area contributed by atoms with Crippen LogP contribution in [0.3, 0.4) is 0 Å². The molecule has 1 fully saturated rings. The summed E-state index contributed by atoms with van der Waals surface area (Å²) >= 11 is 0. The normalized spacial score (nSPS) is 26.9. The molecular weight excluding hydrogens is 196 g/mol. The molecule has 0 N–H and O–H groups in total. The van der Waals surface area contributed by atoms with E-state index in [4.69, 9.17) is 0 Å². The molecule has 3 rings (SSSR count). The maximum absolute atomic E-state index is 2.67. The van der Waals surface area contributed by atoms with Gasteiger partial charge in [-0.3, -0.25) is 4.90 Å². The first-order valence-corrected chi connectivity index (χ1v) is 6.35. The van der Waals surface area contributed by atoms with Gasteiger partial charge >= 0.3 is 0 Å². The number of piperazine rings is 1. The zero-order valence-electron chi connectivity index (χ0n) is 10.0. The largest absolute Gasteiger partial charge is 0.304 e. The van der Waals surface area contributed by atoms with Crippen LogP contribution in [0, 0.1) is 0 Å². The molecule has 0 aromatic heterocycles. The molecule has 0 bridgehead atoms. The van der Waals surface area contributed by atoms with Crippen molar-refractivity contribution >= 4 is 0 Å². The van der Waals surface area contributed by atoms with E-state index in [-0.39, 0.29) is 0 Å². The second-order valence-electron chi connectivity index (χ2n) is 5.09. The molecule has 1 aliphatic carbocycles. The van der Waals surface area contributed by atoms with Crippen LogP contribution < -0.4 is 0 Å². The van der Waals surface area contributed by atoms with Crippen molar-refractivity contribution in [2.45, 2.75) is 18.9 Å². The maximum Gasteiger partial charge on any atom is 0.0355 e. The number of likely N-dealkylation sites (N-methyl/N-ethyl adjacent to an activating group) is 1. The van der Waals surface area contributed by atoms with Crippen LogP contribution in [0.2, 0.25) is 0 Å². The molecule has 0 amide bonds. The van der Waals surface area contributed by atoms with Crippen molar-refractivity contribution in [3.8, 4) is 0 Å². The lowest BCUT2D eigenvalue weighted by Gasteiger charge is -2.36. The van der Waals surface area contributed by atoms with E-state index in [0.29, 0.717) is 6.04 Å². The minimum absolute atomic E-state index is 0.699. The molecule has 1 heterocycles. The molecule has 1 aromatic carbocycles. The van der Waals surface area contributed by atoms with E-state index in [1.54, 1.807) is 11.1 Å². The van der Waals surface area contributed by atoms with E-state index in [2.05, 4.69) is 41.1 Å². The molecule has 0 saturated carbocycles. The fraction of sp³-hybridized carbons (Fsp3) is 0.571. The van der Waals surface area contributed by atoms with Crippen molar-refractivity contribution in [3.63, 3.8) is 0 Å². The lowest BCUT2D eigenvalue weighted by Crippen LogP contribution is -2.45. The summed E-state index contributed by atoms with van der Waals surface area (Å²) in [6.07, 6.45) is 2.59. The second kappa shape index (κ2) is 4.19. The van der Waals surface area contributed by atoms with Gasteiger partial charge in [-0.15, -0.1) is 0 Å². The molecule has 0 spiro atoms. The zero-order valence-corrected chi connectivity index (χ0v) is 10.0. The molecule has 86 valence electrons. The minimum Gasteiger partial charge on any atom is -0.304 e. The van der Waals surface area contributed by atoms with Gasteiger partial charge in [-0.2, -0.15) is 0 Å². The summed E-state index contributed by atoms with van der Waals surface area (Å²) in [7, 11) is 2.22. The van der Waals surface area contributed by atoms with E-state index in [1.165, 1.54) is 39.0 Å². The van der Waals surface area contributed by atoms with Gasteiger partial charge in [-0.1, -0.05) is 24.3 Å². The lowest BCUT2D eigenvalue weighted by atomic mass is 10.1. The minimum atomic E-state index is 0.699. The third-order valence-corrected chi connectivity index (χ3v) is 4.08. The quantitative estimate of drug-likeness (QED) is 0.707. The molecule has 0 radical (unpaired) electrons. The van der Waals surface area contributed by atoms with Gasteiger partial charge in [0.2, 0.25) is 0 Å². The first kappa shape index (κ1) is 10.3. The molecular formula is C14H20N2. The highest BCUT2D eigenvalue weighted by atomic mass is 15.3. The zero-order chi connectivity index (χ0) is 11.0. The van der Waals surface area contributed by atoms with Crippen LogP contribution in [0.1, 0.15) is 23.6 Å². The highest BCUT2D eigenvalue weighted by molar-refractivity contribution is 5.34. The fourth-order valence-corrected chi connectivity index (χ4v) is 3.05. The van der Waals surface area contributed by atoms with Gasteiger partial charge in [-0.05, 0) is 31.0 Å². The van der Waals surface area contributed by atoms with Gasteiger partial charge in [0, 0.05) is 32.2 Å².